The molecule has 1 rings (SSSR count). The van der Waals surface area contributed by atoms with Crippen LogP contribution in [0.15, 0.2) is 17.5 Å². The Morgan fingerprint density at radius 2 is 2.64 bits per heavy atom. The van der Waals surface area contributed by atoms with Crippen molar-refractivity contribution in [3.63, 3.8) is 0 Å². The summed E-state index contributed by atoms with van der Waals surface area (Å²) in [4.78, 5) is 16.4. The van der Waals surface area contributed by atoms with Crippen molar-refractivity contribution in [3.05, 3.63) is 22.4 Å². The summed E-state index contributed by atoms with van der Waals surface area (Å²) in [5.74, 6) is -0.179. The fourth-order valence-electron chi connectivity index (χ4n) is 0.596. The lowest BCUT2D eigenvalue weighted by atomic mass is 10.5. The molecule has 0 atom stereocenters. The monoisotopic (exact) mass is 171 g/mol. The maximum absolute atomic E-state index is 11.0. The van der Waals surface area contributed by atoms with Gasteiger partial charge in [0, 0.05) is 0 Å². The smallest absolute Gasteiger partial charge is 0.274 e. The zero-order valence-electron chi connectivity index (χ0n) is 6.16. The molecular weight excluding hydrogens is 162 g/mol. The van der Waals surface area contributed by atoms with Crippen molar-refractivity contribution in [2.45, 2.75) is 6.92 Å². The molecule has 60 valence electrons. The molecule has 1 N–H and O–H groups in total. The van der Waals surface area contributed by atoms with Crippen LogP contribution in [0.1, 0.15) is 16.6 Å². The van der Waals surface area contributed by atoms with E-state index in [-0.39, 0.29) is 5.91 Å². The Morgan fingerprint density at radius 3 is 3.18 bits per heavy atom. The first-order valence-corrected chi connectivity index (χ1v) is 4.18. The van der Waals surface area contributed by atoms with Crippen molar-refractivity contribution in [1.29, 1.82) is 0 Å². The Hall–Kier alpha value is -0.870. The van der Waals surface area contributed by atoms with Crippen LogP contribution in [0.4, 0.5) is 0 Å². The molecule has 1 amide bonds. The van der Waals surface area contributed by atoms with Crippen LogP contribution in [-0.4, -0.2) is 12.5 Å². The number of hydroxylamine groups is 1. The molecule has 1 heterocycles. The third-order valence-electron chi connectivity index (χ3n) is 1.05. The molecule has 1 aromatic heterocycles. The summed E-state index contributed by atoms with van der Waals surface area (Å²) in [5.41, 5.74) is 2.31. The maximum atomic E-state index is 11.0. The number of rotatable bonds is 3. The van der Waals surface area contributed by atoms with E-state index in [0.717, 1.165) is 0 Å². The average molecular weight is 171 g/mol. The molecule has 0 saturated carbocycles. The summed E-state index contributed by atoms with van der Waals surface area (Å²) < 4.78 is 0. The van der Waals surface area contributed by atoms with E-state index in [4.69, 9.17) is 4.84 Å². The molecular formula is C7H9NO2S. The molecule has 0 unspecified atom stereocenters. The molecule has 1 aromatic rings. The molecule has 0 bridgehead atoms. The molecule has 4 heteroatoms. The first kappa shape index (κ1) is 8.23. The zero-order chi connectivity index (χ0) is 8.10. The highest BCUT2D eigenvalue weighted by atomic mass is 32.1. The van der Waals surface area contributed by atoms with Gasteiger partial charge in [0.15, 0.2) is 0 Å². The van der Waals surface area contributed by atoms with Gasteiger partial charge in [-0.3, -0.25) is 9.63 Å². The zero-order valence-corrected chi connectivity index (χ0v) is 6.98. The highest BCUT2D eigenvalue weighted by Gasteiger charge is 2.03. The number of hydrogen-bond acceptors (Lipinski definition) is 3. The molecule has 0 aliphatic heterocycles. The van der Waals surface area contributed by atoms with Gasteiger partial charge in [-0.2, -0.15) is 0 Å². The van der Waals surface area contributed by atoms with Crippen LogP contribution in [0.25, 0.3) is 0 Å². The minimum absolute atomic E-state index is 0.179. The predicted molar refractivity (Wildman–Crippen MR) is 43.4 cm³/mol. The van der Waals surface area contributed by atoms with Crippen molar-refractivity contribution in [2.24, 2.45) is 0 Å². The lowest BCUT2D eigenvalue weighted by Crippen LogP contribution is -2.22. The Kier molecular flexibility index (Phi) is 3.07. The fourth-order valence-corrected chi connectivity index (χ4v) is 1.21. The quantitative estimate of drug-likeness (QED) is 0.699. The van der Waals surface area contributed by atoms with Gasteiger partial charge in [0.25, 0.3) is 5.91 Å². The van der Waals surface area contributed by atoms with Crippen molar-refractivity contribution < 1.29 is 9.63 Å². The van der Waals surface area contributed by atoms with Gasteiger partial charge in [0.05, 0.1) is 11.5 Å². The van der Waals surface area contributed by atoms with E-state index in [2.05, 4.69) is 5.48 Å². The first-order chi connectivity index (χ1) is 5.34. The van der Waals surface area contributed by atoms with Crippen molar-refractivity contribution in [1.82, 2.24) is 5.48 Å². The van der Waals surface area contributed by atoms with Gasteiger partial charge in [0.2, 0.25) is 0 Å². The Labute approximate surface area is 68.9 Å². The van der Waals surface area contributed by atoms with E-state index in [1.165, 1.54) is 11.3 Å². The fraction of sp³-hybridized carbons (Fsp3) is 0.286. The normalized spacial score (nSPS) is 9.55. The third-order valence-corrected chi connectivity index (χ3v) is 1.92. The molecule has 0 fully saturated rings. The van der Waals surface area contributed by atoms with Gasteiger partial charge in [-0.25, -0.2) is 5.48 Å². The number of carbonyl (C=O) groups excluding carboxylic acids is 1. The Morgan fingerprint density at radius 1 is 1.82 bits per heavy atom. The average Bonchev–Trinajstić information content (AvgIpc) is 2.52. The summed E-state index contributed by atoms with van der Waals surface area (Å²) >= 11 is 1.39. The molecule has 0 aliphatic rings. The largest absolute Gasteiger partial charge is 0.284 e. The molecule has 0 saturated heterocycles. The van der Waals surface area contributed by atoms with Crippen molar-refractivity contribution >= 4 is 17.2 Å². The van der Waals surface area contributed by atoms with Crippen molar-refractivity contribution in [2.75, 3.05) is 6.61 Å². The number of nitrogens with one attached hydrogen (secondary N) is 1. The maximum Gasteiger partial charge on any atom is 0.284 e. The summed E-state index contributed by atoms with van der Waals surface area (Å²) in [7, 11) is 0. The molecule has 0 spiro atoms. The summed E-state index contributed by atoms with van der Waals surface area (Å²) in [5, 5.41) is 1.85. The summed E-state index contributed by atoms with van der Waals surface area (Å²) in [6.45, 7) is 2.30. The molecule has 0 radical (unpaired) electrons. The van der Waals surface area contributed by atoms with E-state index in [1.807, 2.05) is 18.4 Å². The highest BCUT2D eigenvalue weighted by molar-refractivity contribution is 7.12. The minimum Gasteiger partial charge on any atom is -0.274 e. The lowest BCUT2D eigenvalue weighted by molar-refractivity contribution is 0.0368. The predicted octanol–water partition coefficient (Wildman–Crippen LogP) is 1.43. The van der Waals surface area contributed by atoms with Gasteiger partial charge in [-0.05, 0) is 18.4 Å². The van der Waals surface area contributed by atoms with Gasteiger partial charge in [-0.15, -0.1) is 11.3 Å². The van der Waals surface area contributed by atoms with Crippen LogP contribution in [-0.2, 0) is 4.84 Å². The SMILES string of the molecule is CCONC(=O)c1cccs1. The molecule has 11 heavy (non-hydrogen) atoms. The summed E-state index contributed by atoms with van der Waals surface area (Å²) in [6, 6.07) is 3.57. The lowest BCUT2D eigenvalue weighted by Gasteiger charge is -1.99. The van der Waals surface area contributed by atoms with E-state index < -0.39 is 0 Å². The van der Waals surface area contributed by atoms with Crippen LogP contribution in [0, 0.1) is 0 Å². The second-order valence-corrected chi connectivity index (χ2v) is 2.79. The van der Waals surface area contributed by atoms with Crippen LogP contribution < -0.4 is 5.48 Å². The van der Waals surface area contributed by atoms with Gasteiger partial charge < -0.3 is 0 Å². The van der Waals surface area contributed by atoms with Gasteiger partial charge >= 0.3 is 0 Å². The van der Waals surface area contributed by atoms with Gasteiger partial charge in [-0.1, -0.05) is 6.07 Å². The number of amides is 1. The van der Waals surface area contributed by atoms with Crippen LogP contribution >= 0.6 is 11.3 Å². The summed E-state index contributed by atoms with van der Waals surface area (Å²) in [6.07, 6.45) is 0. The molecule has 3 nitrogen and oxygen atoms in total. The topological polar surface area (TPSA) is 38.3 Å². The first-order valence-electron chi connectivity index (χ1n) is 3.30. The van der Waals surface area contributed by atoms with E-state index >= 15 is 0 Å². The van der Waals surface area contributed by atoms with E-state index in [9.17, 15) is 4.79 Å². The van der Waals surface area contributed by atoms with Crippen LogP contribution in [0.5, 0.6) is 0 Å². The van der Waals surface area contributed by atoms with E-state index in [0.29, 0.717) is 11.5 Å². The molecule has 0 aliphatic carbocycles. The molecule has 0 aromatic carbocycles. The number of carbonyl (C=O) groups is 1. The number of thiophene rings is 1. The third kappa shape index (κ3) is 2.32. The standard InChI is InChI=1S/C7H9NO2S/c1-2-10-8-7(9)6-4-3-5-11-6/h3-5H,2H2,1H3,(H,8,9). The van der Waals surface area contributed by atoms with Crippen LogP contribution in [0.3, 0.4) is 0 Å². The Balaban J connectivity index is 2.43. The highest BCUT2D eigenvalue weighted by Crippen LogP contribution is 2.07. The van der Waals surface area contributed by atoms with E-state index in [1.54, 1.807) is 6.07 Å². The second kappa shape index (κ2) is 4.10. The number of hydrogen-bond donors (Lipinski definition) is 1. The Bertz CT molecular complexity index is 220. The minimum atomic E-state index is -0.179. The van der Waals surface area contributed by atoms with Crippen LogP contribution in [0.2, 0.25) is 0 Å². The second-order valence-electron chi connectivity index (χ2n) is 1.84. The van der Waals surface area contributed by atoms with Crippen molar-refractivity contribution in [3.8, 4) is 0 Å². The van der Waals surface area contributed by atoms with Gasteiger partial charge in [0.1, 0.15) is 0 Å².